The van der Waals surface area contributed by atoms with Crippen molar-refractivity contribution in [3.63, 3.8) is 0 Å². The Bertz CT molecular complexity index is 555. The summed E-state index contributed by atoms with van der Waals surface area (Å²) in [6.07, 6.45) is 1.94. The van der Waals surface area contributed by atoms with Crippen molar-refractivity contribution in [2.24, 2.45) is 0 Å². The second-order valence-electron chi connectivity index (χ2n) is 4.56. The van der Waals surface area contributed by atoms with Crippen molar-refractivity contribution < 1.29 is 0 Å². The molecule has 0 aliphatic carbocycles. The molecule has 0 unspecified atom stereocenters. The van der Waals surface area contributed by atoms with E-state index in [1.54, 1.807) is 0 Å². The third-order valence-electron chi connectivity index (χ3n) is 3.32. The fourth-order valence-electron chi connectivity index (χ4n) is 2.35. The van der Waals surface area contributed by atoms with Crippen LogP contribution < -0.4 is 4.90 Å². The van der Waals surface area contributed by atoms with Crippen molar-refractivity contribution in [3.8, 4) is 0 Å². The van der Waals surface area contributed by atoms with Gasteiger partial charge in [-0.3, -0.25) is 0 Å². The number of aryl methyl sites for hydroxylation is 1. The standard InChI is InChI=1S/C16H19N/c1-5-10-17(4)16-13(3)12(2)11-14-8-6-7-9-15(14)16/h5-9,11H,1,10H2,2-4H3. The largest absolute Gasteiger partial charge is 0.370 e. The molecule has 0 aromatic heterocycles. The molecule has 0 saturated heterocycles. The number of hydrogen-bond acceptors (Lipinski definition) is 1. The van der Waals surface area contributed by atoms with Crippen LogP contribution in [0.25, 0.3) is 10.8 Å². The third kappa shape index (κ3) is 2.05. The molecule has 17 heavy (non-hydrogen) atoms. The molecule has 0 radical (unpaired) electrons. The number of benzene rings is 2. The Morgan fingerprint density at radius 3 is 2.65 bits per heavy atom. The first-order chi connectivity index (χ1) is 8.15. The van der Waals surface area contributed by atoms with Crippen molar-refractivity contribution in [1.29, 1.82) is 0 Å². The number of fused-ring (bicyclic) bond motifs is 1. The van der Waals surface area contributed by atoms with Crippen LogP contribution in [0.4, 0.5) is 5.69 Å². The monoisotopic (exact) mass is 225 g/mol. The summed E-state index contributed by atoms with van der Waals surface area (Å²) in [6, 6.07) is 10.8. The molecule has 1 heteroatoms. The van der Waals surface area contributed by atoms with Crippen molar-refractivity contribution in [2.75, 3.05) is 18.5 Å². The van der Waals surface area contributed by atoms with Gasteiger partial charge >= 0.3 is 0 Å². The zero-order valence-corrected chi connectivity index (χ0v) is 10.8. The van der Waals surface area contributed by atoms with Crippen LogP contribution in [-0.2, 0) is 0 Å². The van der Waals surface area contributed by atoms with Crippen molar-refractivity contribution in [2.45, 2.75) is 13.8 Å². The molecular formula is C16H19N. The predicted molar refractivity (Wildman–Crippen MR) is 76.9 cm³/mol. The second kappa shape index (κ2) is 4.62. The van der Waals surface area contributed by atoms with Gasteiger partial charge in [-0.05, 0) is 30.4 Å². The summed E-state index contributed by atoms with van der Waals surface area (Å²) in [7, 11) is 2.12. The minimum atomic E-state index is 0.869. The van der Waals surface area contributed by atoms with Gasteiger partial charge in [0.25, 0.3) is 0 Å². The molecule has 1 nitrogen and oxygen atoms in total. The highest BCUT2D eigenvalue weighted by atomic mass is 15.1. The molecule has 0 atom stereocenters. The molecule has 0 aliphatic heterocycles. The van der Waals surface area contributed by atoms with Crippen molar-refractivity contribution in [3.05, 3.63) is 54.1 Å². The molecule has 0 bridgehead atoms. The molecule has 0 fully saturated rings. The molecule has 0 heterocycles. The van der Waals surface area contributed by atoms with Gasteiger partial charge in [0.1, 0.15) is 0 Å². The first-order valence-electron chi connectivity index (χ1n) is 5.96. The van der Waals surface area contributed by atoms with Crippen molar-refractivity contribution in [1.82, 2.24) is 0 Å². The number of likely N-dealkylation sites (N-methyl/N-ethyl adjacent to an activating group) is 1. The molecule has 2 rings (SSSR count). The highest BCUT2D eigenvalue weighted by Crippen LogP contribution is 2.32. The first-order valence-corrected chi connectivity index (χ1v) is 5.96. The molecule has 0 aliphatic rings. The van der Waals surface area contributed by atoms with Crippen LogP contribution in [0.15, 0.2) is 43.0 Å². The van der Waals surface area contributed by atoms with E-state index in [9.17, 15) is 0 Å². The fraction of sp³-hybridized carbons (Fsp3) is 0.250. The molecule has 0 saturated carbocycles. The Hall–Kier alpha value is -1.76. The first kappa shape index (κ1) is 11.7. The Morgan fingerprint density at radius 2 is 1.94 bits per heavy atom. The van der Waals surface area contributed by atoms with Crippen LogP contribution in [0, 0.1) is 13.8 Å². The summed E-state index contributed by atoms with van der Waals surface area (Å²) in [5.41, 5.74) is 4.02. The van der Waals surface area contributed by atoms with Gasteiger partial charge in [-0.25, -0.2) is 0 Å². The Morgan fingerprint density at radius 1 is 1.24 bits per heavy atom. The second-order valence-corrected chi connectivity index (χ2v) is 4.56. The minimum Gasteiger partial charge on any atom is -0.370 e. The van der Waals surface area contributed by atoms with E-state index in [0.717, 1.165) is 6.54 Å². The number of anilines is 1. The number of rotatable bonds is 3. The highest BCUT2D eigenvalue weighted by molar-refractivity contribution is 5.96. The normalized spacial score (nSPS) is 10.5. The topological polar surface area (TPSA) is 3.24 Å². The lowest BCUT2D eigenvalue weighted by Crippen LogP contribution is -2.18. The van der Waals surface area contributed by atoms with Gasteiger partial charge in [-0.2, -0.15) is 0 Å². The molecule has 0 amide bonds. The van der Waals surface area contributed by atoms with Crippen LogP contribution in [0.2, 0.25) is 0 Å². The molecule has 2 aromatic rings. The molecular weight excluding hydrogens is 206 g/mol. The summed E-state index contributed by atoms with van der Waals surface area (Å²) in [4.78, 5) is 2.26. The molecule has 2 aromatic carbocycles. The quantitative estimate of drug-likeness (QED) is 0.711. The van der Waals surface area contributed by atoms with E-state index in [1.165, 1.54) is 27.6 Å². The SMILES string of the molecule is C=CCN(C)c1c(C)c(C)cc2ccccc12. The van der Waals surface area contributed by atoms with E-state index in [-0.39, 0.29) is 0 Å². The lowest BCUT2D eigenvalue weighted by Gasteiger charge is -2.23. The maximum Gasteiger partial charge on any atom is 0.0478 e. The smallest absolute Gasteiger partial charge is 0.0478 e. The Balaban J connectivity index is 2.73. The zero-order valence-electron chi connectivity index (χ0n) is 10.8. The molecule has 88 valence electrons. The fourth-order valence-corrected chi connectivity index (χ4v) is 2.35. The van der Waals surface area contributed by atoms with Crippen LogP contribution >= 0.6 is 0 Å². The van der Waals surface area contributed by atoms with E-state index >= 15 is 0 Å². The number of hydrogen-bond donors (Lipinski definition) is 0. The summed E-state index contributed by atoms with van der Waals surface area (Å²) < 4.78 is 0. The summed E-state index contributed by atoms with van der Waals surface area (Å²) in [5.74, 6) is 0. The lowest BCUT2D eigenvalue weighted by atomic mass is 9.99. The van der Waals surface area contributed by atoms with Crippen LogP contribution in [0.3, 0.4) is 0 Å². The molecule has 0 N–H and O–H groups in total. The maximum atomic E-state index is 3.82. The van der Waals surface area contributed by atoms with Gasteiger partial charge in [0, 0.05) is 24.7 Å². The maximum absolute atomic E-state index is 3.82. The minimum absolute atomic E-state index is 0.869. The zero-order chi connectivity index (χ0) is 12.4. The van der Waals surface area contributed by atoms with E-state index < -0.39 is 0 Å². The third-order valence-corrected chi connectivity index (χ3v) is 3.32. The van der Waals surface area contributed by atoms with E-state index in [0.29, 0.717) is 0 Å². The van der Waals surface area contributed by atoms with Crippen molar-refractivity contribution >= 4 is 16.5 Å². The van der Waals surface area contributed by atoms with E-state index in [4.69, 9.17) is 0 Å². The highest BCUT2D eigenvalue weighted by Gasteiger charge is 2.10. The Labute approximate surface area is 103 Å². The summed E-state index contributed by atoms with van der Waals surface area (Å²) >= 11 is 0. The van der Waals surface area contributed by atoms with Gasteiger partial charge < -0.3 is 4.90 Å². The van der Waals surface area contributed by atoms with Gasteiger partial charge in [0.15, 0.2) is 0 Å². The summed E-state index contributed by atoms with van der Waals surface area (Å²) in [5, 5.41) is 2.63. The van der Waals surface area contributed by atoms with Gasteiger partial charge in [-0.15, -0.1) is 6.58 Å². The lowest BCUT2D eigenvalue weighted by molar-refractivity contribution is 1.03. The average molecular weight is 225 g/mol. The molecule has 0 spiro atoms. The predicted octanol–water partition coefficient (Wildman–Crippen LogP) is 4.08. The van der Waals surface area contributed by atoms with E-state index in [1.807, 2.05) is 6.08 Å². The van der Waals surface area contributed by atoms with Crippen LogP contribution in [-0.4, -0.2) is 13.6 Å². The average Bonchev–Trinajstić information content (AvgIpc) is 2.31. The van der Waals surface area contributed by atoms with Crippen LogP contribution in [0.5, 0.6) is 0 Å². The van der Waals surface area contributed by atoms with Gasteiger partial charge in [0.2, 0.25) is 0 Å². The number of nitrogens with zero attached hydrogens (tertiary/aromatic N) is 1. The Kier molecular flexibility index (Phi) is 3.19. The van der Waals surface area contributed by atoms with Gasteiger partial charge in [-0.1, -0.05) is 36.4 Å². The van der Waals surface area contributed by atoms with E-state index in [2.05, 4.69) is 62.7 Å². The van der Waals surface area contributed by atoms with Gasteiger partial charge in [0.05, 0.1) is 0 Å². The summed E-state index contributed by atoms with van der Waals surface area (Å²) in [6.45, 7) is 9.05. The van der Waals surface area contributed by atoms with Crippen LogP contribution in [0.1, 0.15) is 11.1 Å².